The van der Waals surface area contributed by atoms with Gasteiger partial charge in [0.1, 0.15) is 0 Å². The number of benzene rings is 1. The summed E-state index contributed by atoms with van der Waals surface area (Å²) < 4.78 is 0. The topological polar surface area (TPSA) is 52.0 Å². The fourth-order valence-electron chi connectivity index (χ4n) is 0.911. The molecule has 0 aliphatic carbocycles. The van der Waals surface area contributed by atoms with Crippen molar-refractivity contribution >= 4 is 17.3 Å². The van der Waals surface area contributed by atoms with Crippen molar-refractivity contribution in [3.05, 3.63) is 28.8 Å². The number of nitrogen functional groups attached to an aromatic ring is 1. The van der Waals surface area contributed by atoms with E-state index in [0.29, 0.717) is 10.7 Å². The Kier molecular flexibility index (Phi) is 2.37. The molecular weight excluding hydrogens is 160 g/mol. The van der Waals surface area contributed by atoms with E-state index in [1.807, 2.05) is 6.92 Å². The molecule has 0 aliphatic heterocycles. The first-order chi connectivity index (χ1) is 5.11. The summed E-state index contributed by atoms with van der Waals surface area (Å²) in [5.41, 5.74) is 12.8. The van der Waals surface area contributed by atoms with Gasteiger partial charge in [-0.2, -0.15) is 0 Å². The van der Waals surface area contributed by atoms with Crippen LogP contribution in [0.4, 0.5) is 5.69 Å². The van der Waals surface area contributed by atoms with Gasteiger partial charge in [0.15, 0.2) is 0 Å². The van der Waals surface area contributed by atoms with Crippen molar-refractivity contribution < 1.29 is 0 Å². The van der Waals surface area contributed by atoms with Crippen LogP contribution in [0.1, 0.15) is 18.5 Å². The molecule has 2 nitrogen and oxygen atoms in total. The molecule has 0 spiro atoms. The number of hydrogen-bond acceptors (Lipinski definition) is 2. The highest BCUT2D eigenvalue weighted by Crippen LogP contribution is 2.23. The van der Waals surface area contributed by atoms with Gasteiger partial charge in [-0.1, -0.05) is 11.6 Å². The Hall–Kier alpha value is -0.730. The Bertz CT molecular complexity index is 258. The minimum atomic E-state index is -0.0639. The lowest BCUT2D eigenvalue weighted by molar-refractivity contribution is 0.819. The van der Waals surface area contributed by atoms with Gasteiger partial charge in [0, 0.05) is 16.8 Å². The zero-order chi connectivity index (χ0) is 8.43. The van der Waals surface area contributed by atoms with Gasteiger partial charge in [0.2, 0.25) is 0 Å². The van der Waals surface area contributed by atoms with Gasteiger partial charge < -0.3 is 11.5 Å². The molecule has 0 aliphatic rings. The van der Waals surface area contributed by atoms with Crippen molar-refractivity contribution in [2.45, 2.75) is 13.0 Å². The van der Waals surface area contributed by atoms with Crippen LogP contribution in [0.5, 0.6) is 0 Å². The monoisotopic (exact) mass is 170 g/mol. The molecule has 0 aromatic heterocycles. The summed E-state index contributed by atoms with van der Waals surface area (Å²) in [6.07, 6.45) is 0. The molecule has 0 saturated heterocycles. The maximum atomic E-state index is 5.86. The molecule has 0 bridgehead atoms. The van der Waals surface area contributed by atoms with E-state index in [4.69, 9.17) is 23.1 Å². The normalized spacial score (nSPS) is 13.0. The highest BCUT2D eigenvalue weighted by Gasteiger charge is 2.04. The van der Waals surface area contributed by atoms with Crippen LogP contribution >= 0.6 is 11.6 Å². The summed E-state index contributed by atoms with van der Waals surface area (Å²) in [5, 5.41) is 0.675. The molecule has 0 fully saturated rings. The molecule has 0 radical (unpaired) electrons. The van der Waals surface area contributed by atoms with E-state index in [0.717, 1.165) is 5.56 Å². The molecule has 4 N–H and O–H groups in total. The number of anilines is 1. The Labute approximate surface area is 71.1 Å². The smallest absolute Gasteiger partial charge is 0.0455 e. The minimum Gasteiger partial charge on any atom is -0.399 e. The molecule has 3 heteroatoms. The second kappa shape index (κ2) is 3.11. The maximum Gasteiger partial charge on any atom is 0.0455 e. The highest BCUT2D eigenvalue weighted by molar-refractivity contribution is 6.31. The molecular formula is C8H11ClN2. The van der Waals surface area contributed by atoms with Gasteiger partial charge >= 0.3 is 0 Å². The fourth-order valence-corrected chi connectivity index (χ4v) is 1.20. The van der Waals surface area contributed by atoms with E-state index in [-0.39, 0.29) is 6.04 Å². The quantitative estimate of drug-likeness (QED) is 0.633. The Morgan fingerprint density at radius 1 is 1.45 bits per heavy atom. The summed E-state index contributed by atoms with van der Waals surface area (Å²) in [4.78, 5) is 0. The maximum absolute atomic E-state index is 5.86. The van der Waals surface area contributed by atoms with E-state index in [2.05, 4.69) is 0 Å². The standard InChI is InChI=1S/C8H11ClN2/c1-5(10)7-4-6(11)2-3-8(7)9/h2-5H,10-11H2,1H3. The van der Waals surface area contributed by atoms with E-state index < -0.39 is 0 Å². The summed E-state index contributed by atoms with van der Waals surface area (Å²) in [5.74, 6) is 0. The van der Waals surface area contributed by atoms with Crippen molar-refractivity contribution in [2.75, 3.05) is 5.73 Å². The molecule has 0 saturated carbocycles. The minimum absolute atomic E-state index is 0.0639. The zero-order valence-corrected chi connectivity index (χ0v) is 7.10. The number of hydrogen-bond donors (Lipinski definition) is 2. The van der Waals surface area contributed by atoms with Crippen molar-refractivity contribution in [3.63, 3.8) is 0 Å². The van der Waals surface area contributed by atoms with Crippen molar-refractivity contribution in [1.82, 2.24) is 0 Å². The average Bonchev–Trinajstić information content (AvgIpc) is 1.94. The van der Waals surface area contributed by atoms with E-state index in [1.165, 1.54) is 0 Å². The van der Waals surface area contributed by atoms with Crippen molar-refractivity contribution in [3.8, 4) is 0 Å². The van der Waals surface area contributed by atoms with Crippen LogP contribution in [-0.2, 0) is 0 Å². The van der Waals surface area contributed by atoms with Crippen LogP contribution in [0.25, 0.3) is 0 Å². The van der Waals surface area contributed by atoms with Crippen LogP contribution in [0, 0.1) is 0 Å². The first-order valence-corrected chi connectivity index (χ1v) is 3.79. The number of nitrogens with two attached hydrogens (primary N) is 2. The van der Waals surface area contributed by atoms with E-state index >= 15 is 0 Å². The summed E-state index contributed by atoms with van der Waals surface area (Å²) in [6.45, 7) is 1.88. The third-order valence-electron chi connectivity index (χ3n) is 1.51. The summed E-state index contributed by atoms with van der Waals surface area (Å²) in [6, 6.07) is 5.25. The van der Waals surface area contributed by atoms with Crippen LogP contribution in [0.2, 0.25) is 5.02 Å². The highest BCUT2D eigenvalue weighted by atomic mass is 35.5. The van der Waals surface area contributed by atoms with Gasteiger partial charge in [0.05, 0.1) is 0 Å². The zero-order valence-electron chi connectivity index (χ0n) is 6.34. The lowest BCUT2D eigenvalue weighted by Gasteiger charge is -2.08. The predicted molar refractivity (Wildman–Crippen MR) is 48.5 cm³/mol. The SMILES string of the molecule is CC(N)c1cc(N)ccc1Cl. The molecule has 1 unspecified atom stereocenters. The fraction of sp³-hybridized carbons (Fsp3) is 0.250. The molecule has 1 atom stereocenters. The number of halogens is 1. The first-order valence-electron chi connectivity index (χ1n) is 3.42. The van der Waals surface area contributed by atoms with Crippen LogP contribution < -0.4 is 11.5 Å². The largest absolute Gasteiger partial charge is 0.399 e. The van der Waals surface area contributed by atoms with E-state index in [1.54, 1.807) is 18.2 Å². The van der Waals surface area contributed by atoms with Crippen LogP contribution in [-0.4, -0.2) is 0 Å². The molecule has 1 aromatic carbocycles. The third-order valence-corrected chi connectivity index (χ3v) is 1.85. The van der Waals surface area contributed by atoms with Gasteiger partial charge in [0.25, 0.3) is 0 Å². The third kappa shape index (κ3) is 1.85. The molecule has 60 valence electrons. The lowest BCUT2D eigenvalue weighted by atomic mass is 10.1. The van der Waals surface area contributed by atoms with Crippen molar-refractivity contribution in [2.24, 2.45) is 5.73 Å². The van der Waals surface area contributed by atoms with Gasteiger partial charge in [-0.3, -0.25) is 0 Å². The Balaban J connectivity index is 3.13. The van der Waals surface area contributed by atoms with Crippen molar-refractivity contribution in [1.29, 1.82) is 0 Å². The Morgan fingerprint density at radius 3 is 2.55 bits per heavy atom. The van der Waals surface area contributed by atoms with Gasteiger partial charge in [-0.15, -0.1) is 0 Å². The summed E-state index contributed by atoms with van der Waals surface area (Å²) >= 11 is 5.86. The van der Waals surface area contributed by atoms with E-state index in [9.17, 15) is 0 Å². The summed E-state index contributed by atoms with van der Waals surface area (Å²) in [7, 11) is 0. The molecule has 0 amide bonds. The predicted octanol–water partition coefficient (Wildman–Crippen LogP) is 1.94. The second-order valence-electron chi connectivity index (χ2n) is 2.57. The number of rotatable bonds is 1. The van der Waals surface area contributed by atoms with Crippen LogP contribution in [0.3, 0.4) is 0 Å². The second-order valence-corrected chi connectivity index (χ2v) is 2.98. The Morgan fingerprint density at radius 2 is 2.09 bits per heavy atom. The first kappa shape index (κ1) is 8.37. The van der Waals surface area contributed by atoms with Gasteiger partial charge in [-0.25, -0.2) is 0 Å². The molecule has 1 aromatic rings. The van der Waals surface area contributed by atoms with Gasteiger partial charge in [-0.05, 0) is 30.7 Å². The molecule has 0 heterocycles. The molecule has 11 heavy (non-hydrogen) atoms. The molecule has 1 rings (SSSR count). The average molecular weight is 171 g/mol. The van der Waals surface area contributed by atoms with Crippen LogP contribution in [0.15, 0.2) is 18.2 Å². The lowest BCUT2D eigenvalue weighted by Crippen LogP contribution is -2.06.